The molecule has 88 valence electrons. The zero-order valence-corrected chi connectivity index (χ0v) is 10.3. The fourth-order valence-corrected chi connectivity index (χ4v) is 3.05. The van der Waals surface area contributed by atoms with Gasteiger partial charge in [0, 0.05) is 12.6 Å². The summed E-state index contributed by atoms with van der Waals surface area (Å²) in [6.45, 7) is 2.67. The van der Waals surface area contributed by atoms with E-state index in [0.717, 1.165) is 25.0 Å². The molecule has 0 aromatic rings. The first kappa shape index (κ1) is 12.8. The van der Waals surface area contributed by atoms with Crippen LogP contribution in [0, 0.1) is 0 Å². The topological polar surface area (TPSA) is 55.1 Å². The Morgan fingerprint density at radius 2 is 2.40 bits per heavy atom. The summed E-state index contributed by atoms with van der Waals surface area (Å²) in [6.07, 6.45) is 5.52. The Morgan fingerprint density at radius 3 is 2.93 bits per heavy atom. The van der Waals surface area contributed by atoms with Crippen LogP contribution in [0.25, 0.3) is 0 Å². The standard InChI is InChI=1S/C11H22N2OS/c1-2-5-9(8-12)13-11(14)10-6-3-4-7-15-10/h9-10H,2-8,12H2,1H3,(H,13,14). The highest BCUT2D eigenvalue weighted by Gasteiger charge is 2.23. The van der Waals surface area contributed by atoms with Crippen LogP contribution in [-0.2, 0) is 4.79 Å². The predicted molar refractivity (Wildman–Crippen MR) is 66.0 cm³/mol. The summed E-state index contributed by atoms with van der Waals surface area (Å²) in [4.78, 5) is 11.9. The molecule has 15 heavy (non-hydrogen) atoms. The number of hydrogen-bond donors (Lipinski definition) is 2. The number of nitrogens with one attached hydrogen (secondary N) is 1. The molecule has 0 aliphatic carbocycles. The van der Waals surface area contributed by atoms with Crippen molar-refractivity contribution in [2.24, 2.45) is 5.73 Å². The number of hydrogen-bond acceptors (Lipinski definition) is 3. The highest BCUT2D eigenvalue weighted by molar-refractivity contribution is 8.00. The maximum Gasteiger partial charge on any atom is 0.233 e. The zero-order chi connectivity index (χ0) is 11.1. The molecule has 1 saturated heterocycles. The second kappa shape index (κ2) is 7.12. The maximum absolute atomic E-state index is 11.9. The lowest BCUT2D eigenvalue weighted by Gasteiger charge is -2.23. The van der Waals surface area contributed by atoms with Gasteiger partial charge in [-0.3, -0.25) is 4.79 Å². The summed E-state index contributed by atoms with van der Waals surface area (Å²) < 4.78 is 0. The van der Waals surface area contributed by atoms with E-state index in [0.29, 0.717) is 6.54 Å². The Balaban J connectivity index is 2.31. The first-order valence-corrected chi connectivity index (χ1v) is 6.94. The minimum absolute atomic E-state index is 0.171. The second-order valence-corrected chi connectivity index (χ2v) is 5.40. The molecule has 1 aliphatic heterocycles. The Morgan fingerprint density at radius 1 is 1.60 bits per heavy atom. The molecule has 1 amide bonds. The van der Waals surface area contributed by atoms with Gasteiger partial charge in [0.2, 0.25) is 5.91 Å². The van der Waals surface area contributed by atoms with E-state index in [1.807, 2.05) is 0 Å². The van der Waals surface area contributed by atoms with Crippen LogP contribution < -0.4 is 11.1 Å². The minimum atomic E-state index is 0.171. The molecule has 2 unspecified atom stereocenters. The molecule has 2 atom stereocenters. The summed E-state index contributed by atoms with van der Waals surface area (Å²) >= 11 is 1.79. The van der Waals surface area contributed by atoms with Gasteiger partial charge in [-0.15, -0.1) is 11.8 Å². The third kappa shape index (κ3) is 4.43. The van der Waals surface area contributed by atoms with E-state index in [-0.39, 0.29) is 17.2 Å². The zero-order valence-electron chi connectivity index (χ0n) is 9.50. The summed E-state index contributed by atoms with van der Waals surface area (Å²) in [5.74, 6) is 1.32. The van der Waals surface area contributed by atoms with E-state index >= 15 is 0 Å². The number of carbonyl (C=O) groups excluding carboxylic acids is 1. The smallest absolute Gasteiger partial charge is 0.233 e. The van der Waals surface area contributed by atoms with Crippen molar-refractivity contribution >= 4 is 17.7 Å². The van der Waals surface area contributed by atoms with Gasteiger partial charge in [-0.1, -0.05) is 19.8 Å². The van der Waals surface area contributed by atoms with Gasteiger partial charge in [-0.05, 0) is 25.0 Å². The van der Waals surface area contributed by atoms with Crippen LogP contribution in [0.2, 0.25) is 0 Å². The normalized spacial score (nSPS) is 23.5. The lowest BCUT2D eigenvalue weighted by molar-refractivity contribution is -0.121. The van der Waals surface area contributed by atoms with Crippen LogP contribution in [0.1, 0.15) is 39.0 Å². The number of amides is 1. The van der Waals surface area contributed by atoms with Gasteiger partial charge in [0.15, 0.2) is 0 Å². The van der Waals surface area contributed by atoms with Crippen molar-refractivity contribution < 1.29 is 4.79 Å². The predicted octanol–water partition coefficient (Wildman–Crippen LogP) is 1.52. The average molecular weight is 230 g/mol. The van der Waals surface area contributed by atoms with Crippen molar-refractivity contribution in [1.82, 2.24) is 5.32 Å². The summed E-state index contributed by atoms with van der Waals surface area (Å²) in [7, 11) is 0. The first-order chi connectivity index (χ1) is 7.27. The molecule has 0 spiro atoms. The molecule has 4 heteroatoms. The summed E-state index contributed by atoms with van der Waals surface area (Å²) in [6, 6.07) is 0.171. The molecule has 1 aliphatic rings. The lowest BCUT2D eigenvalue weighted by Crippen LogP contribution is -2.44. The average Bonchev–Trinajstić information content (AvgIpc) is 2.29. The van der Waals surface area contributed by atoms with Gasteiger partial charge in [0.25, 0.3) is 0 Å². The number of thioether (sulfide) groups is 1. The third-order valence-corrected chi connectivity index (χ3v) is 4.12. The van der Waals surface area contributed by atoms with E-state index in [1.165, 1.54) is 12.8 Å². The molecule has 1 heterocycles. The van der Waals surface area contributed by atoms with Crippen LogP contribution in [0.15, 0.2) is 0 Å². The van der Waals surface area contributed by atoms with Crippen molar-refractivity contribution in [2.75, 3.05) is 12.3 Å². The molecule has 3 N–H and O–H groups in total. The fourth-order valence-electron chi connectivity index (χ4n) is 1.84. The van der Waals surface area contributed by atoms with Crippen LogP contribution in [0.5, 0.6) is 0 Å². The first-order valence-electron chi connectivity index (χ1n) is 5.90. The molecule has 0 radical (unpaired) electrons. The van der Waals surface area contributed by atoms with Gasteiger partial charge < -0.3 is 11.1 Å². The fraction of sp³-hybridized carbons (Fsp3) is 0.909. The van der Waals surface area contributed by atoms with Gasteiger partial charge in [-0.2, -0.15) is 0 Å². The quantitative estimate of drug-likeness (QED) is 0.753. The Kier molecular flexibility index (Phi) is 6.10. The van der Waals surface area contributed by atoms with E-state index in [2.05, 4.69) is 12.2 Å². The number of nitrogens with two attached hydrogens (primary N) is 1. The van der Waals surface area contributed by atoms with Crippen molar-refractivity contribution in [1.29, 1.82) is 0 Å². The van der Waals surface area contributed by atoms with E-state index in [4.69, 9.17) is 5.73 Å². The van der Waals surface area contributed by atoms with Crippen LogP contribution in [0.4, 0.5) is 0 Å². The SMILES string of the molecule is CCCC(CN)NC(=O)C1CCCCS1. The molecular weight excluding hydrogens is 208 g/mol. The van der Waals surface area contributed by atoms with Crippen LogP contribution >= 0.6 is 11.8 Å². The monoisotopic (exact) mass is 230 g/mol. The largest absolute Gasteiger partial charge is 0.351 e. The molecule has 0 aromatic heterocycles. The Hall–Kier alpha value is -0.220. The number of rotatable bonds is 5. The number of carbonyl (C=O) groups is 1. The van der Waals surface area contributed by atoms with E-state index in [9.17, 15) is 4.79 Å². The Bertz CT molecular complexity index is 193. The van der Waals surface area contributed by atoms with Crippen LogP contribution in [-0.4, -0.2) is 29.5 Å². The maximum atomic E-state index is 11.9. The van der Waals surface area contributed by atoms with Crippen molar-refractivity contribution in [3.63, 3.8) is 0 Å². The summed E-state index contributed by atoms with van der Waals surface area (Å²) in [5.41, 5.74) is 5.62. The molecule has 1 fully saturated rings. The minimum Gasteiger partial charge on any atom is -0.351 e. The molecule has 0 bridgehead atoms. The Labute approximate surface area is 96.6 Å². The second-order valence-electron chi connectivity index (χ2n) is 4.09. The van der Waals surface area contributed by atoms with E-state index in [1.54, 1.807) is 11.8 Å². The van der Waals surface area contributed by atoms with Gasteiger partial charge in [-0.25, -0.2) is 0 Å². The van der Waals surface area contributed by atoms with Crippen molar-refractivity contribution in [2.45, 2.75) is 50.3 Å². The lowest BCUT2D eigenvalue weighted by atomic mass is 10.1. The molecule has 0 aromatic carbocycles. The van der Waals surface area contributed by atoms with Gasteiger partial charge in [0.05, 0.1) is 5.25 Å². The van der Waals surface area contributed by atoms with Crippen molar-refractivity contribution in [3.05, 3.63) is 0 Å². The van der Waals surface area contributed by atoms with Crippen molar-refractivity contribution in [3.8, 4) is 0 Å². The molecule has 3 nitrogen and oxygen atoms in total. The van der Waals surface area contributed by atoms with Crippen LogP contribution in [0.3, 0.4) is 0 Å². The highest BCUT2D eigenvalue weighted by atomic mass is 32.2. The molecule has 0 saturated carbocycles. The van der Waals surface area contributed by atoms with Gasteiger partial charge in [0.1, 0.15) is 0 Å². The van der Waals surface area contributed by atoms with E-state index < -0.39 is 0 Å². The molecule has 1 rings (SSSR count). The third-order valence-electron chi connectivity index (χ3n) is 2.74. The molecular formula is C11H22N2OS. The summed E-state index contributed by atoms with van der Waals surface area (Å²) in [5, 5.41) is 3.22. The highest BCUT2D eigenvalue weighted by Crippen LogP contribution is 2.25. The van der Waals surface area contributed by atoms with Gasteiger partial charge >= 0.3 is 0 Å².